The van der Waals surface area contributed by atoms with Crippen molar-refractivity contribution in [2.45, 2.75) is 6.92 Å². The molecule has 6 heteroatoms. The fourth-order valence-electron chi connectivity index (χ4n) is 2.08. The Balaban J connectivity index is 2.26. The molecular formula is C11H11BrN4O. The number of aliphatic imine (C=N–C) groups is 1. The minimum atomic E-state index is 0.607. The molecule has 0 aliphatic carbocycles. The summed E-state index contributed by atoms with van der Waals surface area (Å²) >= 11 is 3.52. The summed E-state index contributed by atoms with van der Waals surface area (Å²) in [6.45, 7) is 3.51. The van der Waals surface area contributed by atoms with Crippen LogP contribution in [0.25, 0.3) is 6.08 Å². The quantitative estimate of drug-likeness (QED) is 0.792. The predicted octanol–water partition coefficient (Wildman–Crippen LogP) is 1.76. The first-order valence-electron chi connectivity index (χ1n) is 5.33. The van der Waals surface area contributed by atoms with E-state index in [0.29, 0.717) is 11.7 Å². The van der Waals surface area contributed by atoms with Crippen LogP contribution in [0.5, 0.6) is 5.88 Å². The number of amidine groups is 1. The van der Waals surface area contributed by atoms with E-state index in [9.17, 15) is 0 Å². The van der Waals surface area contributed by atoms with Gasteiger partial charge in [-0.15, -0.1) is 0 Å². The van der Waals surface area contributed by atoms with E-state index < -0.39 is 0 Å². The summed E-state index contributed by atoms with van der Waals surface area (Å²) in [6.07, 6.45) is 1.97. The Kier molecular flexibility index (Phi) is 2.39. The molecule has 2 aliphatic rings. The van der Waals surface area contributed by atoms with Gasteiger partial charge in [0.05, 0.1) is 23.7 Å². The molecule has 0 atom stereocenters. The number of hydrogen-bond donors (Lipinski definition) is 0. The molecule has 0 saturated heterocycles. The van der Waals surface area contributed by atoms with Crippen LogP contribution in [0, 0.1) is 6.92 Å². The number of hydrogen-bond acceptors (Lipinski definition) is 5. The summed E-state index contributed by atoms with van der Waals surface area (Å²) in [5, 5.41) is 0. The number of fused-ring (bicyclic) bond motifs is 3. The van der Waals surface area contributed by atoms with Crippen molar-refractivity contribution in [2.75, 3.05) is 25.1 Å². The van der Waals surface area contributed by atoms with E-state index in [2.05, 4.69) is 35.8 Å². The van der Waals surface area contributed by atoms with Crippen LogP contribution in [0.4, 0.5) is 5.82 Å². The van der Waals surface area contributed by atoms with Gasteiger partial charge in [0.2, 0.25) is 5.88 Å². The van der Waals surface area contributed by atoms with E-state index >= 15 is 0 Å². The molecule has 0 aromatic carbocycles. The zero-order valence-corrected chi connectivity index (χ0v) is 11.2. The van der Waals surface area contributed by atoms with Crippen LogP contribution in [0.15, 0.2) is 9.47 Å². The molecule has 0 bridgehead atoms. The van der Waals surface area contributed by atoms with Gasteiger partial charge in [0, 0.05) is 6.54 Å². The van der Waals surface area contributed by atoms with Gasteiger partial charge in [0.1, 0.15) is 17.5 Å². The highest BCUT2D eigenvalue weighted by molar-refractivity contribution is 9.12. The third kappa shape index (κ3) is 1.55. The van der Waals surface area contributed by atoms with Gasteiger partial charge in [0.25, 0.3) is 0 Å². The second-order valence-corrected chi connectivity index (χ2v) is 4.72. The van der Waals surface area contributed by atoms with Crippen molar-refractivity contribution in [1.82, 2.24) is 9.97 Å². The number of methoxy groups -OCH3 is 1. The fraction of sp³-hybridized carbons (Fsp3) is 0.364. The number of aromatic nitrogens is 2. The van der Waals surface area contributed by atoms with Crippen LogP contribution in [0.3, 0.4) is 0 Å². The van der Waals surface area contributed by atoms with Crippen molar-refractivity contribution in [3.05, 3.63) is 15.9 Å². The third-order valence-corrected chi connectivity index (χ3v) is 3.36. The number of halogens is 1. The molecule has 88 valence electrons. The van der Waals surface area contributed by atoms with Gasteiger partial charge < -0.3 is 9.64 Å². The molecule has 0 unspecified atom stereocenters. The Bertz CT molecular complexity index is 553. The average molecular weight is 295 g/mol. The minimum absolute atomic E-state index is 0.607. The Morgan fingerprint density at radius 1 is 1.41 bits per heavy atom. The maximum Gasteiger partial charge on any atom is 0.226 e. The lowest BCUT2D eigenvalue weighted by atomic mass is 10.2. The first-order chi connectivity index (χ1) is 8.20. The number of anilines is 1. The molecule has 1 aromatic heterocycles. The Morgan fingerprint density at radius 2 is 2.24 bits per heavy atom. The number of aryl methyl sites for hydroxylation is 1. The largest absolute Gasteiger partial charge is 0.480 e. The molecule has 0 amide bonds. The topological polar surface area (TPSA) is 50.6 Å². The average Bonchev–Trinajstić information content (AvgIpc) is 2.79. The lowest BCUT2D eigenvalue weighted by Gasteiger charge is -2.26. The van der Waals surface area contributed by atoms with Crippen molar-refractivity contribution in [3.8, 4) is 5.88 Å². The molecule has 3 rings (SSSR count). The molecule has 2 aliphatic heterocycles. The maximum absolute atomic E-state index is 5.31. The number of ether oxygens (including phenoxy) is 1. The summed E-state index contributed by atoms with van der Waals surface area (Å²) in [6, 6.07) is 0. The highest BCUT2D eigenvalue weighted by Gasteiger charge is 2.30. The lowest BCUT2D eigenvalue weighted by Crippen LogP contribution is -2.31. The van der Waals surface area contributed by atoms with Crippen LogP contribution in [0.2, 0.25) is 0 Å². The SMILES string of the molecule is COc1nc(C)nc2c1C=C(Br)C1=NCCN12. The first kappa shape index (κ1) is 10.7. The van der Waals surface area contributed by atoms with Crippen molar-refractivity contribution < 1.29 is 4.74 Å². The normalized spacial score (nSPS) is 17.2. The van der Waals surface area contributed by atoms with E-state index in [4.69, 9.17) is 4.74 Å². The highest BCUT2D eigenvalue weighted by Crippen LogP contribution is 2.36. The molecule has 0 saturated carbocycles. The molecule has 1 aromatic rings. The van der Waals surface area contributed by atoms with Gasteiger partial charge in [-0.3, -0.25) is 4.99 Å². The fourth-order valence-corrected chi connectivity index (χ4v) is 2.65. The molecule has 0 N–H and O–H groups in total. The Morgan fingerprint density at radius 3 is 3.00 bits per heavy atom. The van der Waals surface area contributed by atoms with Crippen molar-refractivity contribution >= 4 is 33.7 Å². The monoisotopic (exact) mass is 294 g/mol. The molecule has 0 spiro atoms. The summed E-state index contributed by atoms with van der Waals surface area (Å²) in [5.41, 5.74) is 0.908. The summed E-state index contributed by atoms with van der Waals surface area (Å²) in [7, 11) is 1.62. The third-order valence-electron chi connectivity index (χ3n) is 2.78. The molecule has 0 fully saturated rings. The van der Waals surface area contributed by atoms with E-state index in [-0.39, 0.29) is 0 Å². The van der Waals surface area contributed by atoms with Gasteiger partial charge in [-0.25, -0.2) is 4.98 Å². The van der Waals surface area contributed by atoms with Gasteiger partial charge in [-0.05, 0) is 28.9 Å². The zero-order valence-electron chi connectivity index (χ0n) is 9.57. The first-order valence-corrected chi connectivity index (χ1v) is 6.12. The zero-order chi connectivity index (χ0) is 12.0. The van der Waals surface area contributed by atoms with E-state index in [1.54, 1.807) is 7.11 Å². The van der Waals surface area contributed by atoms with Crippen molar-refractivity contribution in [1.29, 1.82) is 0 Å². The minimum Gasteiger partial charge on any atom is -0.480 e. The maximum atomic E-state index is 5.31. The number of nitrogens with zero attached hydrogens (tertiary/aromatic N) is 4. The Hall–Kier alpha value is -1.43. The standard InChI is InChI=1S/C11H11BrN4O/c1-6-14-9-7(11(15-6)17-2)5-8(12)10-13-3-4-16(9)10/h5H,3-4H2,1-2H3. The number of rotatable bonds is 1. The van der Waals surface area contributed by atoms with Gasteiger partial charge in [0.15, 0.2) is 0 Å². The van der Waals surface area contributed by atoms with E-state index in [1.165, 1.54) is 0 Å². The smallest absolute Gasteiger partial charge is 0.226 e. The van der Waals surface area contributed by atoms with E-state index in [1.807, 2.05) is 13.0 Å². The van der Waals surface area contributed by atoms with Gasteiger partial charge in [-0.1, -0.05) is 0 Å². The summed E-state index contributed by atoms with van der Waals surface area (Å²) in [5.74, 6) is 3.14. The van der Waals surface area contributed by atoms with Crippen LogP contribution in [0.1, 0.15) is 11.4 Å². The van der Waals surface area contributed by atoms with Gasteiger partial charge in [-0.2, -0.15) is 4.98 Å². The molecule has 3 heterocycles. The Labute approximate surface area is 107 Å². The highest BCUT2D eigenvalue weighted by atomic mass is 79.9. The van der Waals surface area contributed by atoms with Crippen LogP contribution < -0.4 is 9.64 Å². The summed E-state index contributed by atoms with van der Waals surface area (Å²) < 4.78 is 6.26. The summed E-state index contributed by atoms with van der Waals surface area (Å²) in [4.78, 5) is 15.3. The van der Waals surface area contributed by atoms with Crippen LogP contribution >= 0.6 is 15.9 Å². The lowest BCUT2D eigenvalue weighted by molar-refractivity contribution is 0.394. The molecule has 0 radical (unpaired) electrons. The van der Waals surface area contributed by atoms with Crippen LogP contribution in [-0.4, -0.2) is 36.0 Å². The second-order valence-electron chi connectivity index (χ2n) is 3.87. The van der Waals surface area contributed by atoms with Gasteiger partial charge >= 0.3 is 0 Å². The second kappa shape index (κ2) is 3.80. The van der Waals surface area contributed by atoms with Crippen LogP contribution in [-0.2, 0) is 0 Å². The molecule has 5 nitrogen and oxygen atoms in total. The molecular weight excluding hydrogens is 284 g/mol. The molecule has 17 heavy (non-hydrogen) atoms. The van der Waals surface area contributed by atoms with Crippen molar-refractivity contribution in [3.63, 3.8) is 0 Å². The van der Waals surface area contributed by atoms with E-state index in [0.717, 1.165) is 34.8 Å². The van der Waals surface area contributed by atoms with Crippen molar-refractivity contribution in [2.24, 2.45) is 4.99 Å². The predicted molar refractivity (Wildman–Crippen MR) is 69.9 cm³/mol.